The molecule has 2 rings (SSSR count). The van der Waals surface area contributed by atoms with E-state index >= 15 is 0 Å². The van der Waals surface area contributed by atoms with Crippen LogP contribution < -0.4 is 10.2 Å². The Morgan fingerprint density at radius 2 is 1.71 bits per heavy atom. The van der Waals surface area contributed by atoms with Gasteiger partial charge >= 0.3 is 6.18 Å². The van der Waals surface area contributed by atoms with Crippen LogP contribution in [0, 0.1) is 0 Å². The molecule has 0 spiro atoms. The maximum Gasteiger partial charge on any atom is 0.433 e. The molecule has 0 aliphatic carbocycles. The van der Waals surface area contributed by atoms with E-state index in [0.717, 1.165) is 6.07 Å². The van der Waals surface area contributed by atoms with E-state index in [1.54, 1.807) is 14.1 Å². The van der Waals surface area contributed by atoms with E-state index in [1.165, 1.54) is 29.2 Å². The van der Waals surface area contributed by atoms with Gasteiger partial charge in [-0.2, -0.15) is 18.2 Å². The van der Waals surface area contributed by atoms with Crippen LogP contribution in [0.4, 0.5) is 33.7 Å². The highest BCUT2D eigenvalue weighted by molar-refractivity contribution is 5.44. The largest absolute Gasteiger partial charge is 0.433 e. The third-order valence-electron chi connectivity index (χ3n) is 3.14. The number of alkyl halides is 5. The summed E-state index contributed by atoms with van der Waals surface area (Å²) in [6, 6.07) is 6.31. The van der Waals surface area contributed by atoms with Crippen molar-refractivity contribution in [2.75, 3.05) is 24.3 Å². The summed E-state index contributed by atoms with van der Waals surface area (Å²) in [6.07, 6.45) is -7.16. The first-order valence-electron chi connectivity index (χ1n) is 6.91. The normalized spacial score (nSPS) is 11.7. The van der Waals surface area contributed by atoms with E-state index in [2.05, 4.69) is 15.3 Å². The van der Waals surface area contributed by atoms with E-state index in [1.807, 2.05) is 0 Å². The standard InChI is InChI=1S/C15H15F5N4/c1-24(2)12-7-11(15(18,19)20)22-14(23-12)21-8-9-3-5-10(6-4-9)13(16)17/h3-7,13H,8H2,1-2H3,(H,21,22,23). The van der Waals surface area contributed by atoms with Gasteiger partial charge in [0.15, 0.2) is 5.69 Å². The number of rotatable bonds is 5. The minimum atomic E-state index is -4.59. The lowest BCUT2D eigenvalue weighted by molar-refractivity contribution is -0.141. The fraction of sp³-hybridized carbons (Fsp3) is 0.333. The highest BCUT2D eigenvalue weighted by Gasteiger charge is 2.34. The zero-order valence-corrected chi connectivity index (χ0v) is 12.9. The summed E-state index contributed by atoms with van der Waals surface area (Å²) < 4.78 is 63.6. The van der Waals surface area contributed by atoms with Crippen LogP contribution >= 0.6 is 0 Å². The topological polar surface area (TPSA) is 41.1 Å². The number of hydrogen-bond donors (Lipinski definition) is 1. The van der Waals surface area contributed by atoms with Gasteiger partial charge in [0.1, 0.15) is 5.82 Å². The molecule has 4 nitrogen and oxygen atoms in total. The molecule has 0 bridgehead atoms. The van der Waals surface area contributed by atoms with E-state index in [-0.39, 0.29) is 23.9 Å². The maximum atomic E-state index is 12.9. The monoisotopic (exact) mass is 346 g/mol. The molecule has 1 heterocycles. The van der Waals surface area contributed by atoms with Crippen molar-refractivity contribution in [1.82, 2.24) is 9.97 Å². The van der Waals surface area contributed by atoms with Gasteiger partial charge in [0, 0.05) is 32.3 Å². The average Bonchev–Trinajstić information content (AvgIpc) is 2.52. The van der Waals surface area contributed by atoms with Crippen molar-refractivity contribution in [2.45, 2.75) is 19.1 Å². The first kappa shape index (κ1) is 17.9. The van der Waals surface area contributed by atoms with Crippen LogP contribution in [-0.2, 0) is 12.7 Å². The lowest BCUT2D eigenvalue weighted by Crippen LogP contribution is -2.17. The molecule has 0 aliphatic heterocycles. The number of halogens is 5. The van der Waals surface area contributed by atoms with Gasteiger partial charge in [0.25, 0.3) is 6.43 Å². The van der Waals surface area contributed by atoms with Crippen molar-refractivity contribution < 1.29 is 22.0 Å². The molecule has 1 N–H and O–H groups in total. The fourth-order valence-corrected chi connectivity index (χ4v) is 1.85. The molecule has 0 atom stereocenters. The quantitative estimate of drug-likeness (QED) is 0.827. The summed E-state index contributed by atoms with van der Waals surface area (Å²) in [4.78, 5) is 8.88. The first-order valence-corrected chi connectivity index (χ1v) is 6.91. The van der Waals surface area contributed by atoms with Gasteiger partial charge < -0.3 is 10.2 Å². The predicted molar refractivity (Wildman–Crippen MR) is 80.1 cm³/mol. The summed E-state index contributed by atoms with van der Waals surface area (Å²) in [6.45, 7) is 0.109. The van der Waals surface area contributed by atoms with Gasteiger partial charge in [-0.3, -0.25) is 0 Å². The second-order valence-corrected chi connectivity index (χ2v) is 5.22. The van der Waals surface area contributed by atoms with E-state index in [9.17, 15) is 22.0 Å². The summed E-state index contributed by atoms with van der Waals surface area (Å²) in [5.74, 6) is -0.0839. The SMILES string of the molecule is CN(C)c1cc(C(F)(F)F)nc(NCc2ccc(C(F)F)cc2)n1. The van der Waals surface area contributed by atoms with Gasteiger partial charge in [-0.25, -0.2) is 13.8 Å². The number of nitrogens with one attached hydrogen (secondary N) is 1. The third-order valence-corrected chi connectivity index (χ3v) is 3.14. The van der Waals surface area contributed by atoms with Crippen molar-refractivity contribution in [3.63, 3.8) is 0 Å². The van der Waals surface area contributed by atoms with Crippen LogP contribution in [-0.4, -0.2) is 24.1 Å². The van der Waals surface area contributed by atoms with E-state index < -0.39 is 18.3 Å². The summed E-state index contributed by atoms with van der Waals surface area (Å²) in [5.41, 5.74) is -0.562. The highest BCUT2D eigenvalue weighted by atomic mass is 19.4. The Morgan fingerprint density at radius 1 is 1.08 bits per heavy atom. The van der Waals surface area contributed by atoms with Gasteiger partial charge in [0.2, 0.25) is 5.95 Å². The Bertz CT molecular complexity index is 683. The lowest BCUT2D eigenvalue weighted by Gasteiger charge is -2.16. The molecule has 0 aliphatic rings. The van der Waals surface area contributed by atoms with Crippen molar-refractivity contribution in [1.29, 1.82) is 0 Å². The molecule has 2 aromatic rings. The lowest BCUT2D eigenvalue weighted by atomic mass is 10.1. The average molecular weight is 346 g/mol. The van der Waals surface area contributed by atoms with Crippen LogP contribution in [0.1, 0.15) is 23.2 Å². The molecular weight excluding hydrogens is 331 g/mol. The molecule has 24 heavy (non-hydrogen) atoms. The van der Waals surface area contributed by atoms with Gasteiger partial charge in [0.05, 0.1) is 0 Å². The van der Waals surface area contributed by atoms with Crippen molar-refractivity contribution in [2.24, 2.45) is 0 Å². The number of benzene rings is 1. The molecule has 0 saturated heterocycles. The van der Waals surface area contributed by atoms with Crippen LogP contribution in [0.15, 0.2) is 30.3 Å². The van der Waals surface area contributed by atoms with Gasteiger partial charge in [-0.1, -0.05) is 24.3 Å². The summed E-state index contributed by atoms with van der Waals surface area (Å²) >= 11 is 0. The zero-order chi connectivity index (χ0) is 17.9. The molecule has 130 valence electrons. The Balaban J connectivity index is 2.18. The third kappa shape index (κ3) is 4.53. The predicted octanol–water partition coefficient (Wildman–Crippen LogP) is 4.11. The molecule has 1 aromatic carbocycles. The number of anilines is 2. The molecule has 0 radical (unpaired) electrons. The molecule has 0 saturated carbocycles. The second-order valence-electron chi connectivity index (χ2n) is 5.22. The smallest absolute Gasteiger partial charge is 0.363 e. The molecular formula is C15H15F5N4. The Labute approximate surface area is 135 Å². The number of hydrogen-bond acceptors (Lipinski definition) is 4. The van der Waals surface area contributed by atoms with Gasteiger partial charge in [-0.05, 0) is 5.56 Å². The minimum Gasteiger partial charge on any atom is -0.363 e. The summed E-state index contributed by atoms with van der Waals surface area (Å²) in [7, 11) is 3.13. The minimum absolute atomic E-state index is 0.105. The second kappa shape index (κ2) is 6.98. The number of aromatic nitrogens is 2. The van der Waals surface area contributed by atoms with Crippen LogP contribution in [0.25, 0.3) is 0 Å². The number of nitrogens with zero attached hydrogens (tertiary/aromatic N) is 3. The van der Waals surface area contributed by atoms with Crippen LogP contribution in [0.3, 0.4) is 0 Å². The molecule has 1 aromatic heterocycles. The van der Waals surface area contributed by atoms with Crippen molar-refractivity contribution >= 4 is 11.8 Å². The van der Waals surface area contributed by atoms with E-state index in [0.29, 0.717) is 5.56 Å². The van der Waals surface area contributed by atoms with E-state index in [4.69, 9.17) is 0 Å². The van der Waals surface area contributed by atoms with Crippen molar-refractivity contribution in [3.8, 4) is 0 Å². The highest BCUT2D eigenvalue weighted by Crippen LogP contribution is 2.30. The molecule has 0 fully saturated rings. The summed E-state index contributed by atoms with van der Waals surface area (Å²) in [5, 5.41) is 2.68. The fourth-order valence-electron chi connectivity index (χ4n) is 1.85. The Kier molecular flexibility index (Phi) is 5.20. The maximum absolute atomic E-state index is 12.9. The van der Waals surface area contributed by atoms with Crippen LogP contribution in [0.2, 0.25) is 0 Å². The molecule has 0 unspecified atom stereocenters. The zero-order valence-electron chi connectivity index (χ0n) is 12.9. The molecule has 9 heteroatoms. The van der Waals surface area contributed by atoms with Crippen molar-refractivity contribution in [3.05, 3.63) is 47.2 Å². The Morgan fingerprint density at radius 3 is 2.21 bits per heavy atom. The first-order chi connectivity index (χ1) is 11.2. The van der Waals surface area contributed by atoms with Gasteiger partial charge in [-0.15, -0.1) is 0 Å². The molecule has 0 amide bonds. The Hall–Kier alpha value is -2.45. The van der Waals surface area contributed by atoms with Crippen LogP contribution in [0.5, 0.6) is 0 Å².